The molecule has 6 nitrogen and oxygen atoms in total. The van der Waals surface area contributed by atoms with Crippen molar-refractivity contribution in [3.8, 4) is 16.8 Å². The molecule has 2 atom stereocenters. The van der Waals surface area contributed by atoms with Crippen LogP contribution in [-0.4, -0.2) is 10.4 Å². The van der Waals surface area contributed by atoms with Gasteiger partial charge in [-0.2, -0.15) is 0 Å². The van der Waals surface area contributed by atoms with Crippen molar-refractivity contribution in [2.45, 2.75) is 12.3 Å². The van der Waals surface area contributed by atoms with Crippen molar-refractivity contribution in [1.82, 2.24) is 15.2 Å². The molecule has 2 N–H and O–H groups in total. The van der Waals surface area contributed by atoms with E-state index in [0.717, 1.165) is 83.2 Å². The number of fused-ring (bicyclic) bond motifs is 9. The summed E-state index contributed by atoms with van der Waals surface area (Å²) < 4.78 is 15.7. The molecule has 0 aliphatic carbocycles. The molecule has 3 aromatic heterocycles. The molecule has 4 heterocycles. The Kier molecular flexibility index (Phi) is 7.03. The van der Waals surface area contributed by atoms with E-state index in [-0.39, 0.29) is 12.3 Å². The van der Waals surface area contributed by atoms with Gasteiger partial charge in [0, 0.05) is 49.1 Å². The van der Waals surface area contributed by atoms with Crippen molar-refractivity contribution in [2.75, 3.05) is 0 Å². The van der Waals surface area contributed by atoms with Crippen LogP contribution < -0.4 is 10.6 Å². The molecule has 6 heteroatoms. The molecule has 0 saturated carbocycles. The number of nitrogens with zero attached hydrogens (tertiary/aromatic N) is 2. The number of benzene rings is 8. The average molecular weight is 735 g/mol. The van der Waals surface area contributed by atoms with Crippen LogP contribution >= 0.6 is 0 Å². The summed E-state index contributed by atoms with van der Waals surface area (Å²) in [6.45, 7) is 0. The first-order valence-electron chi connectivity index (χ1n) is 19.4. The molecule has 0 amide bonds. The summed E-state index contributed by atoms with van der Waals surface area (Å²) in [5, 5.41) is 14.1. The fraction of sp³-hybridized carbons (Fsp3) is 0.0392. The van der Waals surface area contributed by atoms with Crippen molar-refractivity contribution in [3.63, 3.8) is 0 Å². The second kappa shape index (κ2) is 12.6. The monoisotopic (exact) mass is 734 g/mol. The van der Waals surface area contributed by atoms with Crippen LogP contribution in [0.25, 0.3) is 82.5 Å². The average Bonchev–Trinajstić information content (AvgIpc) is 3.96. The quantitative estimate of drug-likeness (QED) is 0.185. The first kappa shape index (κ1) is 31.9. The Morgan fingerprint density at radius 3 is 1.91 bits per heavy atom. The fourth-order valence-electron chi connectivity index (χ4n) is 8.87. The van der Waals surface area contributed by atoms with Crippen LogP contribution in [0.4, 0.5) is 0 Å². The summed E-state index contributed by atoms with van der Waals surface area (Å²) in [4.78, 5) is 5.20. The number of aliphatic imine (C=N–C) groups is 1. The van der Waals surface area contributed by atoms with Gasteiger partial charge in [-0.05, 0) is 71.3 Å². The number of amidine groups is 1. The molecular weight excluding hydrogens is 701 g/mol. The van der Waals surface area contributed by atoms with Gasteiger partial charge in [0.1, 0.15) is 40.5 Å². The first-order chi connectivity index (χ1) is 28.2. The van der Waals surface area contributed by atoms with Crippen molar-refractivity contribution in [3.05, 3.63) is 199 Å². The Hall–Kier alpha value is -7.41. The van der Waals surface area contributed by atoms with E-state index in [2.05, 4.69) is 185 Å². The molecular formula is C51H34N4O2. The minimum atomic E-state index is -0.211. The number of rotatable bonds is 5. The van der Waals surface area contributed by atoms with Gasteiger partial charge in [0.25, 0.3) is 0 Å². The van der Waals surface area contributed by atoms with E-state index in [4.69, 9.17) is 13.8 Å². The largest absolute Gasteiger partial charge is 0.456 e. The Morgan fingerprint density at radius 1 is 0.474 bits per heavy atom. The minimum absolute atomic E-state index is 0.118. The lowest BCUT2D eigenvalue weighted by atomic mass is 9.97. The van der Waals surface area contributed by atoms with Gasteiger partial charge in [0.15, 0.2) is 0 Å². The smallest absolute Gasteiger partial charge is 0.143 e. The Balaban J connectivity index is 1.00. The van der Waals surface area contributed by atoms with Crippen LogP contribution in [-0.2, 0) is 0 Å². The number of nitrogens with one attached hydrogen (secondary N) is 2. The number of hydrogen-bond donors (Lipinski definition) is 2. The number of furan rings is 2. The summed E-state index contributed by atoms with van der Waals surface area (Å²) >= 11 is 0. The number of hydrogen-bond acceptors (Lipinski definition) is 5. The number of aromatic nitrogens is 1. The first-order valence-corrected chi connectivity index (χ1v) is 19.4. The van der Waals surface area contributed by atoms with Gasteiger partial charge in [-0.3, -0.25) is 5.32 Å². The molecule has 0 saturated heterocycles. The molecule has 0 radical (unpaired) electrons. The van der Waals surface area contributed by atoms with E-state index in [0.29, 0.717) is 0 Å². The molecule has 8 aromatic carbocycles. The van der Waals surface area contributed by atoms with E-state index < -0.39 is 0 Å². The van der Waals surface area contributed by atoms with Crippen LogP contribution in [0.3, 0.4) is 0 Å². The minimum Gasteiger partial charge on any atom is -0.456 e. The Labute approximate surface area is 327 Å². The zero-order chi connectivity index (χ0) is 37.5. The molecule has 1 aliphatic rings. The second-order valence-electron chi connectivity index (χ2n) is 14.8. The van der Waals surface area contributed by atoms with E-state index in [9.17, 15) is 0 Å². The highest BCUT2D eigenvalue weighted by Gasteiger charge is 2.26. The molecule has 1 aliphatic heterocycles. The van der Waals surface area contributed by atoms with Gasteiger partial charge < -0.3 is 18.7 Å². The highest BCUT2D eigenvalue weighted by Crippen LogP contribution is 2.43. The topological polar surface area (TPSA) is 67.6 Å². The summed E-state index contributed by atoms with van der Waals surface area (Å²) in [6, 6.07) is 63.7. The standard InChI is InChI=1S/C51H34N4O2/c1-3-13-31(14-4-1)49-52-50(32-15-5-2-6-16-32)54-51(53-49)33-25-27-44-40(29-33)39-21-11-20-38(48(39)57-44)37-19-12-24-46-47(37)41-30-34(26-28-45(41)56-46)55-42-22-9-7-17-35(42)36-18-8-10-23-43(36)55/h1-30,49-50,52H,(H,53,54). The summed E-state index contributed by atoms with van der Waals surface area (Å²) in [7, 11) is 0. The van der Waals surface area contributed by atoms with Crippen LogP contribution in [0.2, 0.25) is 0 Å². The molecule has 11 aromatic rings. The van der Waals surface area contributed by atoms with Gasteiger partial charge in [0.05, 0.1) is 11.0 Å². The molecule has 57 heavy (non-hydrogen) atoms. The van der Waals surface area contributed by atoms with Gasteiger partial charge in [-0.25, -0.2) is 4.99 Å². The van der Waals surface area contributed by atoms with E-state index >= 15 is 0 Å². The maximum absolute atomic E-state index is 6.77. The predicted molar refractivity (Wildman–Crippen MR) is 232 cm³/mol. The van der Waals surface area contributed by atoms with E-state index in [1.807, 2.05) is 12.1 Å². The fourth-order valence-corrected chi connectivity index (χ4v) is 8.87. The van der Waals surface area contributed by atoms with Gasteiger partial charge in [-0.15, -0.1) is 0 Å². The zero-order valence-electron chi connectivity index (χ0n) is 30.7. The van der Waals surface area contributed by atoms with Crippen molar-refractivity contribution >= 4 is 71.5 Å². The normalized spacial score (nSPS) is 15.9. The second-order valence-corrected chi connectivity index (χ2v) is 14.8. The molecule has 2 unspecified atom stereocenters. The van der Waals surface area contributed by atoms with Gasteiger partial charge in [-0.1, -0.05) is 127 Å². The molecule has 0 bridgehead atoms. The summed E-state index contributed by atoms with van der Waals surface area (Å²) in [5.74, 6) is 0.831. The third-order valence-corrected chi connectivity index (χ3v) is 11.5. The zero-order valence-corrected chi connectivity index (χ0v) is 30.7. The van der Waals surface area contributed by atoms with E-state index in [1.54, 1.807) is 0 Å². The lowest BCUT2D eigenvalue weighted by Crippen LogP contribution is -2.44. The highest BCUT2D eigenvalue weighted by atomic mass is 16.3. The maximum Gasteiger partial charge on any atom is 0.143 e. The van der Waals surface area contributed by atoms with Crippen LogP contribution in [0.15, 0.2) is 196 Å². The van der Waals surface area contributed by atoms with Crippen molar-refractivity contribution in [1.29, 1.82) is 0 Å². The Bertz CT molecular complexity index is 3320. The van der Waals surface area contributed by atoms with Crippen LogP contribution in [0.1, 0.15) is 29.0 Å². The van der Waals surface area contributed by atoms with E-state index in [1.165, 1.54) is 21.8 Å². The van der Waals surface area contributed by atoms with Crippen LogP contribution in [0, 0.1) is 0 Å². The number of para-hydroxylation sites is 3. The third-order valence-electron chi connectivity index (χ3n) is 11.5. The lowest BCUT2D eigenvalue weighted by molar-refractivity contribution is 0.409. The molecule has 12 rings (SSSR count). The van der Waals surface area contributed by atoms with Crippen molar-refractivity contribution < 1.29 is 8.83 Å². The molecule has 270 valence electrons. The van der Waals surface area contributed by atoms with Gasteiger partial charge >= 0.3 is 0 Å². The molecule has 0 fully saturated rings. The summed E-state index contributed by atoms with van der Waals surface area (Å²) in [5.41, 5.74) is 12.1. The maximum atomic E-state index is 6.77. The van der Waals surface area contributed by atoms with Gasteiger partial charge in [0.2, 0.25) is 0 Å². The van der Waals surface area contributed by atoms with Crippen LogP contribution in [0.5, 0.6) is 0 Å². The third kappa shape index (κ3) is 5.04. The van der Waals surface area contributed by atoms with Crippen molar-refractivity contribution in [2.24, 2.45) is 4.99 Å². The predicted octanol–water partition coefficient (Wildman–Crippen LogP) is 12.6. The molecule has 0 spiro atoms. The highest BCUT2D eigenvalue weighted by molar-refractivity contribution is 6.18. The SMILES string of the molecule is c1ccc(C2N=C(c3ccc4oc5c(-c6cccc7oc8ccc(-n9c%10ccccc%10c%10ccccc%109)cc8c67)cccc5c4c3)NC(c3ccccc3)N2)cc1. The Morgan fingerprint density at radius 2 is 1.12 bits per heavy atom. The lowest BCUT2D eigenvalue weighted by Gasteiger charge is -2.32. The summed E-state index contributed by atoms with van der Waals surface area (Å²) in [6.07, 6.45) is -0.329.